The van der Waals surface area contributed by atoms with Crippen LogP contribution in [-0.2, 0) is 17.8 Å². The zero-order valence-electron chi connectivity index (χ0n) is 11.6. The first-order chi connectivity index (χ1) is 10.5. The number of hydrogen-bond acceptors (Lipinski definition) is 3. The van der Waals surface area contributed by atoms with Crippen LogP contribution in [0.4, 0.5) is 0 Å². The Morgan fingerprint density at radius 3 is 2.50 bits per heavy atom. The molecule has 0 fully saturated rings. The molecule has 116 valence electrons. The van der Waals surface area contributed by atoms with Gasteiger partial charge in [-0.25, -0.2) is 0 Å². The molecule has 0 aliphatic heterocycles. The second-order valence-electron chi connectivity index (χ2n) is 4.86. The van der Waals surface area contributed by atoms with Gasteiger partial charge in [-0.3, -0.25) is 10.1 Å². The van der Waals surface area contributed by atoms with E-state index in [1.54, 1.807) is 12.1 Å². The van der Waals surface area contributed by atoms with Gasteiger partial charge < -0.3 is 10.2 Å². The predicted molar refractivity (Wildman–Crippen MR) is 91.9 cm³/mol. The molecular weight excluding hydrogens is 414 g/mol. The highest BCUT2D eigenvalue weighted by atomic mass is 79.9. The van der Waals surface area contributed by atoms with Gasteiger partial charge in [0.15, 0.2) is 0 Å². The summed E-state index contributed by atoms with van der Waals surface area (Å²) in [6.45, 7) is 0.258. The molecule has 0 heterocycles. The number of aromatic hydroxyl groups is 1. The van der Waals surface area contributed by atoms with Crippen molar-refractivity contribution in [3.63, 3.8) is 0 Å². The molecule has 0 unspecified atom stereocenters. The first kappa shape index (κ1) is 17.0. The lowest BCUT2D eigenvalue weighted by Crippen LogP contribution is -2.38. The van der Waals surface area contributed by atoms with Crippen LogP contribution in [-0.4, -0.2) is 22.2 Å². The fourth-order valence-electron chi connectivity index (χ4n) is 2.08. The average Bonchev–Trinajstić information content (AvgIpc) is 2.48. The molecule has 0 bridgehead atoms. The highest BCUT2D eigenvalue weighted by Gasteiger charge is 2.18. The minimum Gasteiger partial charge on any atom is -0.506 e. The quantitative estimate of drug-likeness (QED) is 0.656. The summed E-state index contributed by atoms with van der Waals surface area (Å²) < 4.78 is 1.37. The van der Waals surface area contributed by atoms with E-state index >= 15 is 0 Å². The molecule has 0 spiro atoms. The average molecular weight is 429 g/mol. The van der Waals surface area contributed by atoms with Crippen LogP contribution >= 0.6 is 31.9 Å². The standard InChI is InChI=1S/C16H15Br2NO3/c17-12-7-11(15(20)13(18)8-12)9-19-14(16(21)22)6-10-4-2-1-3-5-10/h1-5,7-8,14,19-20H,6,9H2,(H,21,22)/t14-/m0/s1. The monoisotopic (exact) mass is 427 g/mol. The number of phenolic OH excluding ortho intramolecular Hbond substituents is 1. The van der Waals surface area contributed by atoms with E-state index < -0.39 is 12.0 Å². The molecule has 3 N–H and O–H groups in total. The van der Waals surface area contributed by atoms with Gasteiger partial charge in [0.1, 0.15) is 11.8 Å². The van der Waals surface area contributed by atoms with Crippen molar-refractivity contribution in [3.8, 4) is 5.75 Å². The molecule has 2 aromatic carbocycles. The molecule has 1 atom stereocenters. The van der Waals surface area contributed by atoms with Crippen LogP contribution in [0.2, 0.25) is 0 Å². The summed E-state index contributed by atoms with van der Waals surface area (Å²) in [5.41, 5.74) is 1.57. The Bertz CT molecular complexity index is 662. The van der Waals surface area contributed by atoms with Gasteiger partial charge in [-0.15, -0.1) is 0 Å². The lowest BCUT2D eigenvalue weighted by atomic mass is 10.1. The summed E-state index contributed by atoms with van der Waals surface area (Å²) in [5, 5.41) is 22.3. The Balaban J connectivity index is 2.08. The molecule has 6 heteroatoms. The van der Waals surface area contributed by atoms with E-state index in [1.807, 2.05) is 30.3 Å². The zero-order valence-corrected chi connectivity index (χ0v) is 14.8. The lowest BCUT2D eigenvalue weighted by Gasteiger charge is -2.16. The molecule has 0 saturated carbocycles. The second-order valence-corrected chi connectivity index (χ2v) is 6.63. The van der Waals surface area contributed by atoms with E-state index in [9.17, 15) is 15.0 Å². The van der Waals surface area contributed by atoms with Gasteiger partial charge in [0, 0.05) is 16.6 Å². The van der Waals surface area contributed by atoms with Gasteiger partial charge in [-0.1, -0.05) is 46.3 Å². The van der Waals surface area contributed by atoms with Crippen LogP contribution in [0.15, 0.2) is 51.4 Å². The number of carbonyl (C=O) groups is 1. The van der Waals surface area contributed by atoms with Crippen molar-refractivity contribution in [2.75, 3.05) is 0 Å². The van der Waals surface area contributed by atoms with Gasteiger partial charge in [-0.05, 0) is 40.0 Å². The highest BCUT2D eigenvalue weighted by Crippen LogP contribution is 2.31. The van der Waals surface area contributed by atoms with Crippen molar-refractivity contribution < 1.29 is 15.0 Å². The Morgan fingerprint density at radius 2 is 1.86 bits per heavy atom. The first-order valence-corrected chi connectivity index (χ1v) is 8.23. The molecule has 0 aromatic heterocycles. The third kappa shape index (κ3) is 4.56. The van der Waals surface area contributed by atoms with Gasteiger partial charge in [-0.2, -0.15) is 0 Å². The molecular formula is C16H15Br2NO3. The van der Waals surface area contributed by atoms with Crippen LogP contribution < -0.4 is 5.32 Å². The fourth-order valence-corrected chi connectivity index (χ4v) is 3.40. The van der Waals surface area contributed by atoms with Crippen molar-refractivity contribution in [1.82, 2.24) is 5.32 Å². The van der Waals surface area contributed by atoms with Gasteiger partial charge in [0.25, 0.3) is 0 Å². The van der Waals surface area contributed by atoms with Crippen molar-refractivity contribution >= 4 is 37.8 Å². The van der Waals surface area contributed by atoms with Gasteiger partial charge in [0.05, 0.1) is 4.47 Å². The van der Waals surface area contributed by atoms with Crippen molar-refractivity contribution in [3.05, 3.63) is 62.5 Å². The predicted octanol–water partition coefficient (Wildman–Crippen LogP) is 3.70. The van der Waals surface area contributed by atoms with E-state index in [1.165, 1.54) is 0 Å². The summed E-state index contributed by atoms with van der Waals surface area (Å²) >= 11 is 6.61. The summed E-state index contributed by atoms with van der Waals surface area (Å²) in [5.74, 6) is -0.808. The third-order valence-electron chi connectivity index (χ3n) is 3.23. The van der Waals surface area contributed by atoms with Crippen LogP contribution in [0.25, 0.3) is 0 Å². The SMILES string of the molecule is O=C(O)[C@H](Cc1ccccc1)NCc1cc(Br)cc(Br)c1O. The van der Waals surface area contributed by atoms with Gasteiger partial charge >= 0.3 is 5.97 Å². The smallest absolute Gasteiger partial charge is 0.321 e. The Labute approximate surface area is 145 Å². The summed E-state index contributed by atoms with van der Waals surface area (Å²) in [7, 11) is 0. The molecule has 22 heavy (non-hydrogen) atoms. The normalized spacial score (nSPS) is 12.1. The number of halogens is 2. The second kappa shape index (κ2) is 7.76. The third-order valence-corrected chi connectivity index (χ3v) is 4.29. The minimum atomic E-state index is -0.919. The topological polar surface area (TPSA) is 69.6 Å². The van der Waals surface area contributed by atoms with E-state index in [2.05, 4.69) is 37.2 Å². The summed E-state index contributed by atoms with van der Waals surface area (Å²) in [6.07, 6.45) is 0.381. The maximum Gasteiger partial charge on any atom is 0.321 e. The van der Waals surface area contributed by atoms with E-state index in [0.29, 0.717) is 16.5 Å². The highest BCUT2D eigenvalue weighted by molar-refractivity contribution is 9.11. The number of carboxylic acid groups (broad SMARTS) is 1. The fraction of sp³-hybridized carbons (Fsp3) is 0.188. The van der Waals surface area contributed by atoms with Crippen molar-refractivity contribution in [1.29, 1.82) is 0 Å². The molecule has 0 aliphatic rings. The van der Waals surface area contributed by atoms with E-state index in [4.69, 9.17) is 0 Å². The number of aliphatic carboxylic acids is 1. The number of rotatable bonds is 6. The number of carboxylic acids is 1. The first-order valence-electron chi connectivity index (χ1n) is 6.64. The van der Waals surface area contributed by atoms with Crippen molar-refractivity contribution in [2.45, 2.75) is 19.0 Å². The van der Waals surface area contributed by atoms with Crippen LogP contribution in [0.3, 0.4) is 0 Å². The Hall–Kier alpha value is -1.37. The molecule has 2 aromatic rings. The minimum absolute atomic E-state index is 0.111. The van der Waals surface area contributed by atoms with Gasteiger partial charge in [0.2, 0.25) is 0 Å². The number of nitrogens with one attached hydrogen (secondary N) is 1. The number of phenols is 1. The molecule has 0 aliphatic carbocycles. The van der Waals surface area contributed by atoms with Crippen LogP contribution in [0, 0.1) is 0 Å². The number of benzene rings is 2. The molecule has 0 radical (unpaired) electrons. The molecule has 4 nitrogen and oxygen atoms in total. The summed E-state index contributed by atoms with van der Waals surface area (Å²) in [6, 6.07) is 12.2. The Kier molecular flexibility index (Phi) is 5.99. The van der Waals surface area contributed by atoms with Crippen molar-refractivity contribution in [2.24, 2.45) is 0 Å². The lowest BCUT2D eigenvalue weighted by molar-refractivity contribution is -0.139. The van der Waals surface area contributed by atoms with E-state index in [0.717, 1.165) is 10.0 Å². The molecule has 0 amide bonds. The van der Waals surface area contributed by atoms with Crippen LogP contribution in [0.1, 0.15) is 11.1 Å². The van der Waals surface area contributed by atoms with E-state index in [-0.39, 0.29) is 12.3 Å². The maximum atomic E-state index is 11.4. The number of hydrogen-bond donors (Lipinski definition) is 3. The molecule has 0 saturated heterocycles. The molecule has 2 rings (SSSR count). The van der Waals surface area contributed by atoms with Crippen LogP contribution in [0.5, 0.6) is 5.75 Å². The summed E-state index contributed by atoms with van der Waals surface area (Å²) in [4.78, 5) is 11.4. The zero-order chi connectivity index (χ0) is 16.1. The maximum absolute atomic E-state index is 11.4. The largest absolute Gasteiger partial charge is 0.506 e. The Morgan fingerprint density at radius 1 is 1.18 bits per heavy atom.